The zero-order valence-electron chi connectivity index (χ0n) is 54.1. The van der Waals surface area contributed by atoms with Crippen molar-refractivity contribution in [1.82, 2.24) is 5.32 Å². The van der Waals surface area contributed by atoms with Crippen molar-refractivity contribution in [2.24, 2.45) is 0 Å². The molecule has 0 aromatic carbocycles. The number of phosphoric ester groups is 1. The lowest BCUT2D eigenvalue weighted by molar-refractivity contribution is -0.870. The number of nitrogens with one attached hydrogen (secondary N) is 1. The third kappa shape index (κ3) is 64.7. The molecule has 2 N–H and O–H groups in total. The van der Waals surface area contributed by atoms with Gasteiger partial charge in [-0.15, -0.1) is 0 Å². The average Bonchev–Trinajstić information content (AvgIpc) is 3.42. The topological polar surface area (TPSA) is 108 Å². The molecule has 0 saturated heterocycles. The van der Waals surface area contributed by atoms with E-state index < -0.39 is 20.0 Å². The van der Waals surface area contributed by atoms with Crippen LogP contribution in [0.5, 0.6) is 0 Å². The molecule has 0 fully saturated rings. The number of allylic oxidation sites excluding steroid dienone is 1. The molecule has 0 aliphatic heterocycles. The molecule has 8 nitrogen and oxygen atoms in total. The molecule has 0 spiro atoms. The molecule has 0 aliphatic carbocycles. The van der Waals surface area contributed by atoms with Crippen molar-refractivity contribution in [2.75, 3.05) is 40.9 Å². The minimum Gasteiger partial charge on any atom is -0.756 e. The van der Waals surface area contributed by atoms with Gasteiger partial charge in [-0.3, -0.25) is 9.36 Å². The number of carbonyl (C=O) groups excluding carboxylic acids is 1. The molecule has 472 valence electrons. The van der Waals surface area contributed by atoms with Crippen molar-refractivity contribution in [3.05, 3.63) is 12.2 Å². The third-order valence-electron chi connectivity index (χ3n) is 16.7. The number of amides is 1. The highest BCUT2D eigenvalue weighted by molar-refractivity contribution is 7.45. The van der Waals surface area contributed by atoms with E-state index in [4.69, 9.17) is 9.05 Å². The van der Waals surface area contributed by atoms with Gasteiger partial charge in [0.2, 0.25) is 5.91 Å². The molecule has 0 aliphatic rings. The Morgan fingerprint density at radius 1 is 0.430 bits per heavy atom. The number of hydrogen-bond acceptors (Lipinski definition) is 6. The lowest BCUT2D eigenvalue weighted by Gasteiger charge is -2.29. The highest BCUT2D eigenvalue weighted by Crippen LogP contribution is 2.38. The van der Waals surface area contributed by atoms with Crippen LogP contribution < -0.4 is 10.2 Å². The van der Waals surface area contributed by atoms with Gasteiger partial charge in [-0.1, -0.05) is 366 Å². The number of phosphoric acid groups is 1. The summed E-state index contributed by atoms with van der Waals surface area (Å²) in [6.45, 7) is 4.72. The lowest BCUT2D eigenvalue weighted by atomic mass is 10.0. The van der Waals surface area contributed by atoms with E-state index in [0.29, 0.717) is 17.4 Å². The second-order valence-corrected chi connectivity index (χ2v) is 27.4. The highest BCUT2D eigenvalue weighted by Gasteiger charge is 2.23. The monoisotopic (exact) mass is 1140 g/mol. The van der Waals surface area contributed by atoms with Crippen molar-refractivity contribution >= 4 is 13.7 Å². The van der Waals surface area contributed by atoms with Gasteiger partial charge in [-0.05, 0) is 19.3 Å². The third-order valence-corrected chi connectivity index (χ3v) is 17.7. The summed E-state index contributed by atoms with van der Waals surface area (Å²) >= 11 is 0. The maximum atomic E-state index is 13.0. The predicted octanol–water partition coefficient (Wildman–Crippen LogP) is 21.9. The Morgan fingerprint density at radius 2 is 0.684 bits per heavy atom. The number of hydrogen-bond donors (Lipinski definition) is 2. The zero-order valence-corrected chi connectivity index (χ0v) is 55.0. The van der Waals surface area contributed by atoms with E-state index in [-0.39, 0.29) is 19.1 Å². The molecule has 0 aromatic heterocycles. The minimum atomic E-state index is -4.60. The summed E-state index contributed by atoms with van der Waals surface area (Å²) in [5.41, 5.74) is 0. The van der Waals surface area contributed by atoms with Crippen molar-refractivity contribution in [1.29, 1.82) is 0 Å². The van der Waals surface area contributed by atoms with Crippen LogP contribution >= 0.6 is 7.82 Å². The SMILES string of the molecule is CCCCCCCCCCCCCCCCCCCCCC/C=C/C(O)C(COP(=O)([O-])OCC[N+](C)(C)C)NC(=O)CCCCCCCCCCCCCCCCCCCCCCCCCCCCCCCCCCCCC. The first-order chi connectivity index (χ1) is 38.5. The van der Waals surface area contributed by atoms with E-state index in [0.717, 1.165) is 38.5 Å². The van der Waals surface area contributed by atoms with Crippen LogP contribution in [0.4, 0.5) is 0 Å². The van der Waals surface area contributed by atoms with Gasteiger partial charge >= 0.3 is 0 Å². The smallest absolute Gasteiger partial charge is 0.268 e. The quantitative estimate of drug-likeness (QED) is 0.0272. The van der Waals surface area contributed by atoms with E-state index >= 15 is 0 Å². The second-order valence-electron chi connectivity index (χ2n) is 26.0. The summed E-state index contributed by atoms with van der Waals surface area (Å²) in [6.07, 6.45) is 79.2. The zero-order chi connectivity index (χ0) is 57.7. The molecule has 0 saturated carbocycles. The van der Waals surface area contributed by atoms with Crippen LogP contribution in [0.2, 0.25) is 0 Å². The largest absolute Gasteiger partial charge is 0.756 e. The molecular formula is C70H141N2O6P. The van der Waals surface area contributed by atoms with Crippen LogP contribution in [0, 0.1) is 0 Å². The molecule has 1 amide bonds. The Balaban J connectivity index is 3.96. The molecule has 3 unspecified atom stereocenters. The first kappa shape index (κ1) is 78.2. The Bertz CT molecular complexity index is 1290. The van der Waals surface area contributed by atoms with Crippen LogP contribution in [0.3, 0.4) is 0 Å². The molecule has 79 heavy (non-hydrogen) atoms. The van der Waals surface area contributed by atoms with E-state index in [9.17, 15) is 19.4 Å². The van der Waals surface area contributed by atoms with Gasteiger partial charge in [-0.25, -0.2) is 0 Å². The lowest BCUT2D eigenvalue weighted by Crippen LogP contribution is -2.45. The first-order valence-electron chi connectivity index (χ1n) is 35.6. The van der Waals surface area contributed by atoms with E-state index in [1.807, 2.05) is 27.2 Å². The summed E-state index contributed by atoms with van der Waals surface area (Å²) < 4.78 is 23.5. The molecule has 0 radical (unpaired) electrons. The number of likely N-dealkylation sites (N-methyl/N-ethyl adjacent to an activating group) is 1. The van der Waals surface area contributed by atoms with Gasteiger partial charge in [0.1, 0.15) is 13.2 Å². The molecule has 0 heterocycles. The van der Waals surface area contributed by atoms with Crippen molar-refractivity contribution in [3.63, 3.8) is 0 Å². The summed E-state index contributed by atoms with van der Waals surface area (Å²) in [7, 11) is 1.28. The maximum Gasteiger partial charge on any atom is 0.268 e. The molecule has 0 aromatic rings. The highest BCUT2D eigenvalue weighted by atomic mass is 31.2. The number of aliphatic hydroxyl groups is 1. The van der Waals surface area contributed by atoms with Gasteiger partial charge in [0.25, 0.3) is 7.82 Å². The molecule has 0 rings (SSSR count). The fourth-order valence-electron chi connectivity index (χ4n) is 11.2. The maximum absolute atomic E-state index is 13.0. The predicted molar refractivity (Wildman–Crippen MR) is 344 cm³/mol. The van der Waals surface area contributed by atoms with Crippen LogP contribution in [0.1, 0.15) is 380 Å². The molecule has 9 heteroatoms. The number of rotatable bonds is 67. The van der Waals surface area contributed by atoms with E-state index in [1.54, 1.807) is 6.08 Å². The van der Waals surface area contributed by atoms with Gasteiger partial charge in [0.05, 0.1) is 39.9 Å². The Kier molecular flexibility index (Phi) is 61.2. The molecule has 0 bridgehead atoms. The second kappa shape index (κ2) is 61.8. The van der Waals surface area contributed by atoms with Crippen LogP contribution in [0.15, 0.2) is 12.2 Å². The Labute approximate surface area is 494 Å². The van der Waals surface area contributed by atoms with E-state index in [1.165, 1.54) is 321 Å². The van der Waals surface area contributed by atoms with Crippen molar-refractivity contribution < 1.29 is 32.9 Å². The number of nitrogens with zero attached hydrogens (tertiary/aromatic N) is 1. The Morgan fingerprint density at radius 3 is 0.949 bits per heavy atom. The van der Waals surface area contributed by atoms with Crippen molar-refractivity contribution in [2.45, 2.75) is 392 Å². The van der Waals surface area contributed by atoms with Crippen LogP contribution in [0.25, 0.3) is 0 Å². The first-order valence-corrected chi connectivity index (χ1v) is 37.0. The van der Waals surface area contributed by atoms with Gasteiger partial charge in [-0.2, -0.15) is 0 Å². The number of aliphatic hydroxyl groups excluding tert-OH is 1. The summed E-state index contributed by atoms with van der Waals surface area (Å²) in [5.74, 6) is -0.187. The summed E-state index contributed by atoms with van der Waals surface area (Å²) in [4.78, 5) is 25.6. The van der Waals surface area contributed by atoms with Gasteiger partial charge in [0.15, 0.2) is 0 Å². The van der Waals surface area contributed by atoms with Gasteiger partial charge < -0.3 is 28.8 Å². The summed E-state index contributed by atoms with van der Waals surface area (Å²) in [6, 6.07) is -0.883. The number of unbranched alkanes of at least 4 members (excludes halogenated alkanes) is 54. The average molecular weight is 1140 g/mol. The normalized spacial score (nSPS) is 13.7. The van der Waals surface area contributed by atoms with Crippen LogP contribution in [-0.2, 0) is 18.4 Å². The van der Waals surface area contributed by atoms with Gasteiger partial charge in [0, 0.05) is 6.42 Å². The number of quaternary nitrogens is 1. The molecular weight excluding hydrogens is 996 g/mol. The number of carbonyl (C=O) groups is 1. The molecule has 3 atom stereocenters. The fraction of sp³-hybridized carbons (Fsp3) is 0.957. The van der Waals surface area contributed by atoms with Crippen molar-refractivity contribution in [3.8, 4) is 0 Å². The standard InChI is InChI=1S/C70H141N2O6P/c1-6-8-10-12-14-16-18-20-22-24-26-28-30-31-32-33-34-35-36-37-38-39-40-41-42-44-46-48-50-52-54-56-58-60-62-64-70(74)71-68(67-78-79(75,76)77-66-65-72(3,4)5)69(73)63-61-59-57-55-53-51-49-47-45-43-29-27-25-23-21-19-17-15-13-11-9-7-2/h61,63,68-69,73H,6-60,62,64-67H2,1-5H3,(H-,71,74,75,76)/b63-61+. The van der Waals surface area contributed by atoms with Crippen LogP contribution in [-0.4, -0.2) is 68.5 Å². The Hall–Kier alpha value is -0.760. The van der Waals surface area contributed by atoms with E-state index in [2.05, 4.69) is 19.2 Å². The fourth-order valence-corrected chi connectivity index (χ4v) is 11.9. The summed E-state index contributed by atoms with van der Waals surface area (Å²) in [5, 5.41) is 14.0. The minimum absolute atomic E-state index is 0.00296.